The molecule has 2 fully saturated rings. The highest BCUT2D eigenvalue weighted by Crippen LogP contribution is 2.52. The summed E-state index contributed by atoms with van der Waals surface area (Å²) >= 11 is 0. The third-order valence-electron chi connectivity index (χ3n) is 4.99. The average molecular weight is 353 g/mol. The van der Waals surface area contributed by atoms with Crippen molar-refractivity contribution in [1.82, 2.24) is 5.32 Å². The Labute approximate surface area is 153 Å². The fraction of sp³-hybridized carbons (Fsp3) is 0.381. The quantitative estimate of drug-likeness (QED) is 0.809. The number of hydrogen-bond donors (Lipinski definition) is 1. The Morgan fingerprint density at radius 2 is 2.00 bits per heavy atom. The normalized spacial score (nSPS) is 25.0. The summed E-state index contributed by atoms with van der Waals surface area (Å²) in [4.78, 5) is 12.3. The third kappa shape index (κ3) is 3.08. The molecule has 2 unspecified atom stereocenters. The van der Waals surface area contributed by atoms with Gasteiger partial charge in [0, 0.05) is 19.0 Å². The predicted octanol–water partition coefficient (Wildman–Crippen LogP) is 3.11. The van der Waals surface area contributed by atoms with Crippen LogP contribution in [0.4, 0.5) is 0 Å². The Bertz CT molecular complexity index is 779. The second-order valence-corrected chi connectivity index (χ2v) is 6.64. The molecule has 1 heterocycles. The molecule has 0 aromatic heterocycles. The van der Waals surface area contributed by atoms with Crippen molar-refractivity contribution in [3.63, 3.8) is 0 Å². The van der Waals surface area contributed by atoms with Gasteiger partial charge in [-0.1, -0.05) is 42.5 Å². The molecule has 0 amide bonds. The lowest BCUT2D eigenvalue weighted by molar-refractivity contribution is -0.0665. The monoisotopic (exact) mass is 353 g/mol. The number of carbonyl (C=O) groups excluding carboxylic acids is 1. The van der Waals surface area contributed by atoms with Crippen LogP contribution < -0.4 is 10.1 Å². The van der Waals surface area contributed by atoms with E-state index < -0.39 is 0 Å². The van der Waals surface area contributed by atoms with Crippen molar-refractivity contribution in [2.24, 2.45) is 0 Å². The molecule has 1 aliphatic heterocycles. The van der Waals surface area contributed by atoms with Crippen molar-refractivity contribution >= 4 is 5.97 Å². The van der Waals surface area contributed by atoms with Gasteiger partial charge in [0.2, 0.25) is 0 Å². The smallest absolute Gasteiger partial charge is 0.341 e. The standard InChI is InChI=1S/C21H23NO4/c1-2-24-20(23)16-10-6-7-11-17(16)26-19(15-8-4-3-5-9-15)21-14-18(21)22-12-13-25-21/h3-11,18-19,22H,2,12-14H2,1H3/t18?,19-,21?/m0/s1. The van der Waals surface area contributed by atoms with E-state index in [2.05, 4.69) is 5.32 Å². The highest BCUT2D eigenvalue weighted by molar-refractivity contribution is 5.92. The van der Waals surface area contributed by atoms with Gasteiger partial charge in [0.05, 0.1) is 13.2 Å². The predicted molar refractivity (Wildman–Crippen MR) is 97.3 cm³/mol. The topological polar surface area (TPSA) is 56.8 Å². The summed E-state index contributed by atoms with van der Waals surface area (Å²) in [5.74, 6) is 0.149. The number of ether oxygens (including phenoxy) is 3. The van der Waals surface area contributed by atoms with Crippen LogP contribution in [0.1, 0.15) is 35.4 Å². The van der Waals surface area contributed by atoms with Crippen LogP contribution in [0.15, 0.2) is 54.6 Å². The van der Waals surface area contributed by atoms with Crippen LogP contribution in [0.25, 0.3) is 0 Å². The molecule has 3 atom stereocenters. The molecule has 0 radical (unpaired) electrons. The highest BCUT2D eigenvalue weighted by Gasteiger charge is 2.64. The van der Waals surface area contributed by atoms with Crippen molar-refractivity contribution < 1.29 is 19.0 Å². The maximum absolute atomic E-state index is 12.3. The maximum atomic E-state index is 12.3. The van der Waals surface area contributed by atoms with E-state index in [1.807, 2.05) is 48.5 Å². The van der Waals surface area contributed by atoms with Crippen molar-refractivity contribution in [2.75, 3.05) is 19.8 Å². The molecule has 1 saturated carbocycles. The summed E-state index contributed by atoms with van der Waals surface area (Å²) < 4.78 is 17.8. The molecule has 26 heavy (non-hydrogen) atoms. The van der Waals surface area contributed by atoms with Gasteiger partial charge in [-0.05, 0) is 24.6 Å². The maximum Gasteiger partial charge on any atom is 0.341 e. The van der Waals surface area contributed by atoms with E-state index in [9.17, 15) is 4.79 Å². The average Bonchev–Trinajstić information content (AvgIpc) is 3.43. The number of nitrogens with one attached hydrogen (secondary N) is 1. The van der Waals surface area contributed by atoms with E-state index >= 15 is 0 Å². The second kappa shape index (κ2) is 7.09. The first-order valence-electron chi connectivity index (χ1n) is 9.09. The molecule has 2 aromatic carbocycles. The van der Waals surface area contributed by atoms with Gasteiger partial charge in [0.15, 0.2) is 6.10 Å². The molecule has 1 saturated heterocycles. The lowest BCUT2D eigenvalue weighted by Crippen LogP contribution is -2.43. The third-order valence-corrected chi connectivity index (χ3v) is 4.99. The fourth-order valence-electron chi connectivity index (χ4n) is 3.66. The fourth-order valence-corrected chi connectivity index (χ4v) is 3.66. The van der Waals surface area contributed by atoms with Gasteiger partial charge in [-0.2, -0.15) is 0 Å². The van der Waals surface area contributed by atoms with Gasteiger partial charge in [-0.3, -0.25) is 0 Å². The number of carbonyl (C=O) groups is 1. The van der Waals surface area contributed by atoms with Crippen LogP contribution in [0.3, 0.4) is 0 Å². The van der Waals surface area contributed by atoms with E-state index in [0.717, 1.165) is 18.5 Å². The van der Waals surface area contributed by atoms with Crippen LogP contribution in [0.5, 0.6) is 5.75 Å². The minimum Gasteiger partial charge on any atom is -0.482 e. The van der Waals surface area contributed by atoms with Crippen LogP contribution >= 0.6 is 0 Å². The molecule has 2 aliphatic rings. The summed E-state index contributed by atoms with van der Waals surface area (Å²) in [7, 11) is 0. The number of para-hydroxylation sites is 1. The molecule has 136 valence electrons. The van der Waals surface area contributed by atoms with Crippen LogP contribution in [0.2, 0.25) is 0 Å². The SMILES string of the molecule is CCOC(=O)c1ccccc1O[C@@H](c1ccccc1)C12CC1NCCO2. The molecule has 0 spiro atoms. The first-order valence-corrected chi connectivity index (χ1v) is 9.09. The second-order valence-electron chi connectivity index (χ2n) is 6.64. The summed E-state index contributed by atoms with van der Waals surface area (Å²) in [6.07, 6.45) is 0.603. The lowest BCUT2D eigenvalue weighted by Gasteiger charge is -2.32. The van der Waals surface area contributed by atoms with Gasteiger partial charge in [0.1, 0.15) is 16.9 Å². The summed E-state index contributed by atoms with van der Waals surface area (Å²) in [6.45, 7) is 3.63. The zero-order valence-corrected chi connectivity index (χ0v) is 14.8. The minimum atomic E-state index is -0.388. The summed E-state index contributed by atoms with van der Waals surface area (Å²) in [6, 6.07) is 17.5. The first-order chi connectivity index (χ1) is 12.7. The lowest BCUT2D eigenvalue weighted by atomic mass is 10.0. The minimum absolute atomic E-state index is 0.274. The van der Waals surface area contributed by atoms with Gasteiger partial charge in [0.25, 0.3) is 0 Å². The van der Waals surface area contributed by atoms with E-state index in [-0.39, 0.29) is 23.7 Å². The van der Waals surface area contributed by atoms with Crippen molar-refractivity contribution in [3.05, 3.63) is 65.7 Å². The Balaban J connectivity index is 1.68. The van der Waals surface area contributed by atoms with Crippen molar-refractivity contribution in [2.45, 2.75) is 31.1 Å². The Hall–Kier alpha value is -2.37. The van der Waals surface area contributed by atoms with Gasteiger partial charge in [-0.25, -0.2) is 4.79 Å². The molecule has 4 rings (SSSR count). The van der Waals surface area contributed by atoms with Gasteiger partial charge in [-0.15, -0.1) is 0 Å². The van der Waals surface area contributed by atoms with E-state index in [1.54, 1.807) is 13.0 Å². The van der Waals surface area contributed by atoms with Gasteiger partial charge < -0.3 is 19.5 Å². The van der Waals surface area contributed by atoms with Crippen LogP contribution in [0, 0.1) is 0 Å². The van der Waals surface area contributed by atoms with Crippen molar-refractivity contribution in [1.29, 1.82) is 0 Å². The summed E-state index contributed by atoms with van der Waals surface area (Å²) in [5, 5.41) is 3.49. The Morgan fingerprint density at radius 3 is 2.77 bits per heavy atom. The highest BCUT2D eigenvalue weighted by atomic mass is 16.6. The van der Waals surface area contributed by atoms with E-state index in [0.29, 0.717) is 24.5 Å². The number of rotatable bonds is 6. The Morgan fingerprint density at radius 1 is 1.23 bits per heavy atom. The zero-order valence-electron chi connectivity index (χ0n) is 14.8. The zero-order chi connectivity index (χ0) is 18.0. The number of benzene rings is 2. The Kier molecular flexibility index (Phi) is 4.66. The largest absolute Gasteiger partial charge is 0.482 e. The molecule has 5 nitrogen and oxygen atoms in total. The molecule has 1 N–H and O–H groups in total. The molecule has 0 bridgehead atoms. The number of esters is 1. The van der Waals surface area contributed by atoms with Crippen LogP contribution in [-0.4, -0.2) is 37.4 Å². The summed E-state index contributed by atoms with van der Waals surface area (Å²) in [5.41, 5.74) is 1.09. The number of fused-ring (bicyclic) bond motifs is 1. The van der Waals surface area contributed by atoms with Gasteiger partial charge >= 0.3 is 5.97 Å². The van der Waals surface area contributed by atoms with E-state index in [4.69, 9.17) is 14.2 Å². The van der Waals surface area contributed by atoms with Crippen LogP contribution in [-0.2, 0) is 9.47 Å². The number of morpholine rings is 1. The van der Waals surface area contributed by atoms with E-state index in [1.165, 1.54) is 0 Å². The molecular weight excluding hydrogens is 330 g/mol. The molecule has 2 aromatic rings. The molecule has 5 heteroatoms. The number of hydrogen-bond acceptors (Lipinski definition) is 5. The van der Waals surface area contributed by atoms with Crippen molar-refractivity contribution in [3.8, 4) is 5.75 Å². The first kappa shape index (κ1) is 17.1. The molecule has 1 aliphatic carbocycles. The molecular formula is C21H23NO4.